The Labute approximate surface area is 155 Å². The maximum atomic E-state index is 13.2. The summed E-state index contributed by atoms with van der Waals surface area (Å²) in [5, 5.41) is 23.2. The number of pyridine rings is 1. The first kappa shape index (κ1) is 21.4. The lowest BCUT2D eigenvalue weighted by Gasteiger charge is -2.26. The minimum Gasteiger partial charge on any atom is -0.530 e. The number of hydrogen-bond acceptors (Lipinski definition) is 5. The van der Waals surface area contributed by atoms with Crippen LogP contribution in [0.25, 0.3) is 0 Å². The number of carboxylic acid groups (broad SMARTS) is 1. The van der Waals surface area contributed by atoms with Gasteiger partial charge in [0.25, 0.3) is 0 Å². The molecule has 1 amide bonds. The van der Waals surface area contributed by atoms with Gasteiger partial charge in [0.05, 0.1) is 12.1 Å². The van der Waals surface area contributed by atoms with E-state index in [0.29, 0.717) is 0 Å². The molecular formula is C17H14F5N2O4-. The number of amides is 1. The van der Waals surface area contributed by atoms with Crippen LogP contribution in [-0.4, -0.2) is 34.8 Å². The molecule has 2 aromatic rings. The van der Waals surface area contributed by atoms with Crippen LogP contribution in [0.4, 0.5) is 26.7 Å². The number of aliphatic hydroxyl groups is 1. The van der Waals surface area contributed by atoms with Gasteiger partial charge in [-0.05, 0) is 41.8 Å². The Morgan fingerprint density at radius 2 is 2.00 bits per heavy atom. The van der Waals surface area contributed by atoms with Crippen LogP contribution < -0.4 is 15.2 Å². The molecule has 6 nitrogen and oxygen atoms in total. The van der Waals surface area contributed by atoms with E-state index in [1.54, 1.807) is 0 Å². The number of alkyl halides is 4. The third-order valence-electron chi connectivity index (χ3n) is 3.64. The quantitative estimate of drug-likeness (QED) is 0.518. The maximum Gasteiger partial charge on any atom is 0.461 e. The van der Waals surface area contributed by atoms with Crippen LogP contribution in [0.5, 0.6) is 5.75 Å². The predicted octanol–water partition coefficient (Wildman–Crippen LogP) is 2.04. The van der Waals surface area contributed by atoms with Gasteiger partial charge in [0, 0.05) is 6.20 Å². The third-order valence-corrected chi connectivity index (χ3v) is 3.64. The van der Waals surface area contributed by atoms with Crippen LogP contribution in [0.3, 0.4) is 0 Å². The highest BCUT2D eigenvalue weighted by Gasteiger charge is 2.44. The molecule has 2 atom stereocenters. The van der Waals surface area contributed by atoms with E-state index in [1.807, 2.05) is 5.32 Å². The molecule has 0 radical (unpaired) electrons. The van der Waals surface area contributed by atoms with Crippen molar-refractivity contribution in [2.24, 2.45) is 0 Å². The van der Waals surface area contributed by atoms with Crippen molar-refractivity contribution < 1.29 is 41.7 Å². The molecule has 1 heterocycles. The number of halogens is 5. The second-order valence-corrected chi connectivity index (χ2v) is 5.71. The van der Waals surface area contributed by atoms with Gasteiger partial charge < -0.3 is 25.1 Å². The highest BCUT2D eigenvalue weighted by atomic mass is 19.3. The number of carbonyl (C=O) groups excluding carboxylic acids is 1. The molecule has 0 saturated carbocycles. The van der Waals surface area contributed by atoms with E-state index in [1.165, 1.54) is 18.2 Å². The van der Waals surface area contributed by atoms with Crippen LogP contribution in [0.1, 0.15) is 17.2 Å². The molecule has 2 N–H and O–H groups in total. The SMILES string of the molecule is O=C([O-])NC(Cc1cccc(OC(F)(F)C(F)F)c1)C(O)c1ccnc(F)c1. The van der Waals surface area contributed by atoms with Gasteiger partial charge in [-0.1, -0.05) is 12.1 Å². The molecule has 152 valence electrons. The third kappa shape index (κ3) is 5.78. The van der Waals surface area contributed by atoms with Crippen molar-refractivity contribution in [3.05, 3.63) is 59.7 Å². The zero-order valence-electron chi connectivity index (χ0n) is 14.0. The lowest BCUT2D eigenvalue weighted by Crippen LogP contribution is -2.47. The van der Waals surface area contributed by atoms with Gasteiger partial charge in [0.2, 0.25) is 5.95 Å². The molecule has 0 fully saturated rings. The number of rotatable bonds is 8. The molecule has 1 aromatic carbocycles. The summed E-state index contributed by atoms with van der Waals surface area (Å²) in [6.45, 7) is 0. The zero-order valence-corrected chi connectivity index (χ0v) is 14.0. The summed E-state index contributed by atoms with van der Waals surface area (Å²) in [6, 6.07) is 5.46. The van der Waals surface area contributed by atoms with Gasteiger partial charge in [-0.15, -0.1) is 0 Å². The van der Waals surface area contributed by atoms with Gasteiger partial charge >= 0.3 is 12.5 Å². The molecule has 0 saturated heterocycles. The number of ether oxygens (including phenoxy) is 1. The second kappa shape index (κ2) is 8.83. The molecule has 2 unspecified atom stereocenters. The van der Waals surface area contributed by atoms with Crippen molar-refractivity contribution in [2.75, 3.05) is 0 Å². The van der Waals surface area contributed by atoms with Gasteiger partial charge in [0.1, 0.15) is 11.8 Å². The first-order chi connectivity index (χ1) is 13.1. The van der Waals surface area contributed by atoms with E-state index in [9.17, 15) is 37.0 Å². The summed E-state index contributed by atoms with van der Waals surface area (Å²) in [5.74, 6) is -1.49. The van der Waals surface area contributed by atoms with Crippen LogP contribution in [0.2, 0.25) is 0 Å². The molecule has 0 aliphatic rings. The smallest absolute Gasteiger partial charge is 0.461 e. The van der Waals surface area contributed by atoms with Gasteiger partial charge in [-0.25, -0.2) is 4.98 Å². The molecule has 0 aliphatic heterocycles. The summed E-state index contributed by atoms with van der Waals surface area (Å²) < 4.78 is 67.8. The van der Waals surface area contributed by atoms with E-state index in [0.717, 1.165) is 24.4 Å². The summed E-state index contributed by atoms with van der Waals surface area (Å²) in [7, 11) is 0. The molecule has 11 heteroatoms. The van der Waals surface area contributed by atoms with Crippen molar-refractivity contribution in [1.29, 1.82) is 0 Å². The fourth-order valence-electron chi connectivity index (χ4n) is 2.42. The number of carbonyl (C=O) groups is 1. The molecule has 1 aromatic heterocycles. The lowest BCUT2D eigenvalue weighted by molar-refractivity contribution is -0.253. The molecule has 0 aliphatic carbocycles. The maximum absolute atomic E-state index is 13.2. The largest absolute Gasteiger partial charge is 0.530 e. The normalized spacial score (nSPS) is 13.8. The Hall–Kier alpha value is -2.95. The van der Waals surface area contributed by atoms with E-state index >= 15 is 0 Å². The average Bonchev–Trinajstić information content (AvgIpc) is 2.60. The zero-order chi connectivity index (χ0) is 20.9. The lowest BCUT2D eigenvalue weighted by atomic mass is 9.96. The predicted molar refractivity (Wildman–Crippen MR) is 83.2 cm³/mol. The number of hydrogen-bond donors (Lipinski definition) is 2. The monoisotopic (exact) mass is 405 g/mol. The number of benzene rings is 1. The Morgan fingerprint density at radius 1 is 1.29 bits per heavy atom. The van der Waals surface area contributed by atoms with Crippen LogP contribution >= 0.6 is 0 Å². The van der Waals surface area contributed by atoms with Crippen molar-refractivity contribution in [3.8, 4) is 5.75 Å². The Morgan fingerprint density at radius 3 is 2.61 bits per heavy atom. The van der Waals surface area contributed by atoms with Crippen molar-refractivity contribution >= 4 is 6.09 Å². The fourth-order valence-corrected chi connectivity index (χ4v) is 2.42. The van der Waals surface area contributed by atoms with E-state index < -0.39 is 42.5 Å². The fraction of sp³-hybridized carbons (Fsp3) is 0.294. The van der Waals surface area contributed by atoms with Gasteiger partial charge in [-0.2, -0.15) is 22.0 Å². The molecule has 0 spiro atoms. The average molecular weight is 405 g/mol. The Balaban J connectivity index is 2.22. The minimum absolute atomic E-state index is 0.00267. The number of nitrogens with zero attached hydrogens (tertiary/aromatic N) is 1. The van der Waals surface area contributed by atoms with E-state index in [4.69, 9.17) is 0 Å². The van der Waals surface area contributed by atoms with Gasteiger partial charge in [0.15, 0.2) is 0 Å². The van der Waals surface area contributed by atoms with Crippen molar-refractivity contribution in [2.45, 2.75) is 31.1 Å². The summed E-state index contributed by atoms with van der Waals surface area (Å²) >= 11 is 0. The van der Waals surface area contributed by atoms with Gasteiger partial charge in [-0.3, -0.25) is 0 Å². The highest BCUT2D eigenvalue weighted by molar-refractivity contribution is 5.62. The molecule has 0 bridgehead atoms. The number of nitrogens with one attached hydrogen (secondary N) is 1. The summed E-state index contributed by atoms with van der Waals surface area (Å²) in [4.78, 5) is 14.2. The molecule has 2 rings (SSSR count). The first-order valence-electron chi connectivity index (χ1n) is 7.79. The number of aromatic nitrogens is 1. The molecule has 28 heavy (non-hydrogen) atoms. The standard InChI is InChI=1S/C17H15F5N2O4/c18-13-8-10(4-5-23-13)14(25)12(24-16(26)27)7-9-2-1-3-11(6-9)28-17(21,22)15(19)20/h1-6,8,12,14-15,24-25H,7H2,(H,26,27)/p-1. The van der Waals surface area contributed by atoms with E-state index in [2.05, 4.69) is 9.72 Å². The second-order valence-electron chi connectivity index (χ2n) is 5.71. The minimum atomic E-state index is -4.71. The Bertz CT molecular complexity index is 822. The van der Waals surface area contributed by atoms with Crippen molar-refractivity contribution in [1.82, 2.24) is 10.3 Å². The topological polar surface area (TPSA) is 94.5 Å². The number of aliphatic hydroxyl groups excluding tert-OH is 1. The summed E-state index contributed by atoms with van der Waals surface area (Å²) in [5.41, 5.74) is 0.179. The Kier molecular flexibility index (Phi) is 6.73. The summed E-state index contributed by atoms with van der Waals surface area (Å²) in [6.07, 6.45) is -11.2. The van der Waals surface area contributed by atoms with Crippen LogP contribution in [-0.2, 0) is 6.42 Å². The first-order valence-corrected chi connectivity index (χ1v) is 7.79. The highest BCUT2D eigenvalue weighted by Crippen LogP contribution is 2.28. The van der Waals surface area contributed by atoms with Crippen LogP contribution in [0, 0.1) is 5.95 Å². The van der Waals surface area contributed by atoms with Crippen molar-refractivity contribution in [3.63, 3.8) is 0 Å². The molecular weight excluding hydrogens is 391 g/mol. The van der Waals surface area contributed by atoms with Crippen LogP contribution in [0.15, 0.2) is 42.6 Å². The van der Waals surface area contributed by atoms with E-state index in [-0.39, 0.29) is 17.5 Å².